The van der Waals surface area contributed by atoms with Gasteiger partial charge in [-0.05, 0) is 46.2 Å². The van der Waals surface area contributed by atoms with E-state index in [1.165, 1.54) is 0 Å². The fourth-order valence-electron chi connectivity index (χ4n) is 1.72. The van der Waals surface area contributed by atoms with Crippen LogP contribution >= 0.6 is 0 Å². The Balaban J connectivity index is 2.46. The lowest BCUT2D eigenvalue weighted by atomic mass is 10.1. The topological polar surface area (TPSA) is 41.6 Å². The largest absolute Gasteiger partial charge is 0.443 e. The second kappa shape index (κ2) is 5.53. The van der Waals surface area contributed by atoms with E-state index < -0.39 is 0 Å². The van der Waals surface area contributed by atoms with Crippen LogP contribution in [-0.2, 0) is 4.74 Å². The number of nitrogens with zero attached hydrogens (tertiary/aromatic N) is 1. The minimum atomic E-state index is -0.363. The fraction of sp³-hybridized carbons (Fsp3) is 0.917. The fourth-order valence-corrected chi connectivity index (χ4v) is 1.72. The highest BCUT2D eigenvalue weighted by Gasteiger charge is 2.27. The zero-order valence-electron chi connectivity index (χ0n) is 10.9. The molecular weight excluding hydrogens is 204 g/mol. The predicted octanol–water partition coefficient (Wildman–Crippen LogP) is 2.00. The van der Waals surface area contributed by atoms with Gasteiger partial charge in [-0.2, -0.15) is 0 Å². The van der Waals surface area contributed by atoms with E-state index in [0.29, 0.717) is 6.04 Å². The van der Waals surface area contributed by atoms with Crippen molar-refractivity contribution in [2.24, 2.45) is 0 Å². The first-order chi connectivity index (χ1) is 7.46. The lowest BCUT2D eigenvalue weighted by Crippen LogP contribution is -2.46. The zero-order valence-corrected chi connectivity index (χ0v) is 10.9. The van der Waals surface area contributed by atoms with Gasteiger partial charge in [0, 0.05) is 13.1 Å². The number of hydrogen-bond acceptors (Lipinski definition) is 3. The SMILES string of the molecule is CCC(C)(C)OC(=O)N(C)C1CCNCC1. The van der Waals surface area contributed by atoms with Crippen molar-refractivity contribution >= 4 is 6.09 Å². The molecule has 1 heterocycles. The Morgan fingerprint density at radius 2 is 2.00 bits per heavy atom. The monoisotopic (exact) mass is 228 g/mol. The molecule has 0 aromatic rings. The summed E-state index contributed by atoms with van der Waals surface area (Å²) in [5, 5.41) is 3.29. The Kier molecular flexibility index (Phi) is 4.59. The van der Waals surface area contributed by atoms with Crippen molar-refractivity contribution in [1.82, 2.24) is 10.2 Å². The molecule has 1 rings (SSSR count). The number of piperidine rings is 1. The summed E-state index contributed by atoms with van der Waals surface area (Å²) in [6.07, 6.45) is 2.66. The van der Waals surface area contributed by atoms with Gasteiger partial charge in [0.1, 0.15) is 5.60 Å². The molecule has 0 saturated carbocycles. The molecule has 4 heteroatoms. The zero-order chi connectivity index (χ0) is 12.2. The van der Waals surface area contributed by atoms with Gasteiger partial charge in [0.15, 0.2) is 0 Å². The molecule has 0 unspecified atom stereocenters. The number of ether oxygens (including phenoxy) is 1. The molecule has 1 N–H and O–H groups in total. The van der Waals surface area contributed by atoms with Crippen LogP contribution in [0.4, 0.5) is 4.79 Å². The van der Waals surface area contributed by atoms with Crippen molar-refractivity contribution in [1.29, 1.82) is 0 Å². The lowest BCUT2D eigenvalue weighted by Gasteiger charge is -2.33. The van der Waals surface area contributed by atoms with Crippen molar-refractivity contribution in [3.63, 3.8) is 0 Å². The van der Waals surface area contributed by atoms with E-state index in [-0.39, 0.29) is 11.7 Å². The van der Waals surface area contributed by atoms with E-state index in [4.69, 9.17) is 4.74 Å². The molecule has 0 aromatic heterocycles. The van der Waals surface area contributed by atoms with Gasteiger partial charge in [0.05, 0.1) is 0 Å². The van der Waals surface area contributed by atoms with Crippen molar-refractivity contribution in [3.05, 3.63) is 0 Å². The highest BCUT2D eigenvalue weighted by Crippen LogP contribution is 2.18. The summed E-state index contributed by atoms with van der Waals surface area (Å²) in [5.41, 5.74) is -0.363. The summed E-state index contributed by atoms with van der Waals surface area (Å²) in [4.78, 5) is 13.6. The quantitative estimate of drug-likeness (QED) is 0.803. The Hall–Kier alpha value is -0.770. The second-order valence-corrected chi connectivity index (χ2v) is 5.07. The lowest BCUT2D eigenvalue weighted by molar-refractivity contribution is 0.00671. The van der Waals surface area contributed by atoms with Gasteiger partial charge in [-0.3, -0.25) is 0 Å². The highest BCUT2D eigenvalue weighted by molar-refractivity contribution is 5.68. The van der Waals surface area contributed by atoms with Crippen molar-refractivity contribution in [2.45, 2.75) is 51.7 Å². The van der Waals surface area contributed by atoms with Gasteiger partial charge in [-0.25, -0.2) is 4.79 Å². The van der Waals surface area contributed by atoms with Crippen molar-refractivity contribution in [2.75, 3.05) is 20.1 Å². The number of carbonyl (C=O) groups excluding carboxylic acids is 1. The maximum Gasteiger partial charge on any atom is 0.410 e. The highest BCUT2D eigenvalue weighted by atomic mass is 16.6. The summed E-state index contributed by atoms with van der Waals surface area (Å²) in [5.74, 6) is 0. The summed E-state index contributed by atoms with van der Waals surface area (Å²) in [6, 6.07) is 0.321. The molecule has 0 spiro atoms. The summed E-state index contributed by atoms with van der Waals surface area (Å²) < 4.78 is 5.47. The third-order valence-corrected chi connectivity index (χ3v) is 3.36. The molecule has 1 saturated heterocycles. The average Bonchev–Trinajstić information content (AvgIpc) is 2.28. The minimum Gasteiger partial charge on any atom is -0.443 e. The summed E-state index contributed by atoms with van der Waals surface area (Å²) >= 11 is 0. The van der Waals surface area contributed by atoms with Crippen LogP contribution < -0.4 is 5.32 Å². The average molecular weight is 228 g/mol. The van der Waals surface area contributed by atoms with Crippen LogP contribution in [0.25, 0.3) is 0 Å². The molecule has 4 nitrogen and oxygen atoms in total. The number of amides is 1. The minimum absolute atomic E-state index is 0.196. The van der Waals surface area contributed by atoms with E-state index in [1.54, 1.807) is 4.90 Å². The Morgan fingerprint density at radius 1 is 1.44 bits per heavy atom. The van der Waals surface area contributed by atoms with E-state index in [2.05, 4.69) is 5.32 Å². The molecule has 0 aliphatic carbocycles. The normalized spacial score (nSPS) is 18.2. The van der Waals surface area contributed by atoms with E-state index in [0.717, 1.165) is 32.4 Å². The van der Waals surface area contributed by atoms with Gasteiger partial charge in [-0.15, -0.1) is 0 Å². The van der Waals surface area contributed by atoms with E-state index >= 15 is 0 Å². The maximum atomic E-state index is 11.9. The van der Waals surface area contributed by atoms with Crippen LogP contribution in [0.2, 0.25) is 0 Å². The van der Waals surface area contributed by atoms with Gasteiger partial charge in [0.2, 0.25) is 0 Å². The van der Waals surface area contributed by atoms with Crippen LogP contribution in [0, 0.1) is 0 Å². The molecule has 1 fully saturated rings. The number of carbonyl (C=O) groups is 1. The van der Waals surface area contributed by atoms with Gasteiger partial charge in [0.25, 0.3) is 0 Å². The van der Waals surface area contributed by atoms with Crippen LogP contribution in [0.15, 0.2) is 0 Å². The smallest absolute Gasteiger partial charge is 0.410 e. The molecule has 1 amide bonds. The Bertz CT molecular complexity index is 235. The third-order valence-electron chi connectivity index (χ3n) is 3.36. The molecule has 94 valence electrons. The Labute approximate surface area is 98.3 Å². The second-order valence-electron chi connectivity index (χ2n) is 5.07. The summed E-state index contributed by atoms with van der Waals surface area (Å²) in [6.45, 7) is 7.89. The molecule has 1 aliphatic rings. The first kappa shape index (κ1) is 13.3. The van der Waals surface area contributed by atoms with Gasteiger partial charge < -0.3 is 15.0 Å². The van der Waals surface area contributed by atoms with Gasteiger partial charge in [-0.1, -0.05) is 6.92 Å². The van der Waals surface area contributed by atoms with Crippen molar-refractivity contribution in [3.8, 4) is 0 Å². The molecule has 0 aromatic carbocycles. The van der Waals surface area contributed by atoms with Crippen LogP contribution in [0.5, 0.6) is 0 Å². The van der Waals surface area contributed by atoms with Crippen LogP contribution in [0.1, 0.15) is 40.0 Å². The first-order valence-corrected chi connectivity index (χ1v) is 6.13. The molecule has 0 atom stereocenters. The number of hydrogen-bond donors (Lipinski definition) is 1. The standard InChI is InChI=1S/C12H24N2O2/c1-5-12(2,3)16-11(15)14(4)10-6-8-13-9-7-10/h10,13H,5-9H2,1-4H3. The maximum absolute atomic E-state index is 11.9. The molecule has 1 aliphatic heterocycles. The first-order valence-electron chi connectivity index (χ1n) is 6.13. The van der Waals surface area contributed by atoms with Crippen LogP contribution in [0.3, 0.4) is 0 Å². The molecular formula is C12H24N2O2. The van der Waals surface area contributed by atoms with Gasteiger partial charge >= 0.3 is 6.09 Å². The molecule has 0 bridgehead atoms. The molecule has 16 heavy (non-hydrogen) atoms. The van der Waals surface area contributed by atoms with Crippen molar-refractivity contribution < 1.29 is 9.53 Å². The summed E-state index contributed by atoms with van der Waals surface area (Å²) in [7, 11) is 1.84. The van der Waals surface area contributed by atoms with Crippen LogP contribution in [-0.4, -0.2) is 42.8 Å². The Morgan fingerprint density at radius 3 is 2.50 bits per heavy atom. The number of rotatable bonds is 3. The number of nitrogens with one attached hydrogen (secondary N) is 1. The van der Waals surface area contributed by atoms with E-state index in [9.17, 15) is 4.79 Å². The third kappa shape index (κ3) is 3.67. The predicted molar refractivity (Wildman–Crippen MR) is 64.5 cm³/mol. The molecule has 0 radical (unpaired) electrons. The van der Waals surface area contributed by atoms with E-state index in [1.807, 2.05) is 27.8 Å².